The smallest absolute Gasteiger partial charge is 0.122 e. The zero-order valence-corrected chi connectivity index (χ0v) is 11.2. The van der Waals surface area contributed by atoms with Crippen LogP contribution in [0.3, 0.4) is 0 Å². The number of hydrogen-bond acceptors (Lipinski definition) is 8. The molecule has 0 amide bonds. The van der Waals surface area contributed by atoms with Gasteiger partial charge in [0.05, 0.1) is 25.3 Å². The molecule has 1 rings (SSSR count). The molecule has 0 aromatic carbocycles. The Bertz CT molecular complexity index is 298. The standard InChI is InChI=1S/C10H14N2O4S2/c13-3-1-5-15-11-9-7-17-18-8-10(9)12-16-6-2-4-14/h1-2,9-12H,5-8H2/t9-,10-/m1/s1. The highest BCUT2D eigenvalue weighted by molar-refractivity contribution is 8.76. The maximum absolute atomic E-state index is 9.96. The zero-order valence-electron chi connectivity index (χ0n) is 9.59. The lowest BCUT2D eigenvalue weighted by atomic mass is 10.2. The van der Waals surface area contributed by atoms with Gasteiger partial charge in [-0.1, -0.05) is 21.6 Å². The van der Waals surface area contributed by atoms with Crippen molar-refractivity contribution in [1.82, 2.24) is 11.0 Å². The van der Waals surface area contributed by atoms with Crippen molar-refractivity contribution in [3.8, 4) is 0 Å². The highest BCUT2D eigenvalue weighted by Crippen LogP contribution is 2.29. The van der Waals surface area contributed by atoms with Gasteiger partial charge in [-0.2, -0.15) is 11.0 Å². The van der Waals surface area contributed by atoms with Gasteiger partial charge in [-0.05, 0) is 0 Å². The number of hydrogen-bond donors (Lipinski definition) is 2. The summed E-state index contributed by atoms with van der Waals surface area (Å²) in [5, 5.41) is 0. The van der Waals surface area contributed by atoms with Crippen LogP contribution >= 0.6 is 21.6 Å². The fourth-order valence-electron chi connectivity index (χ4n) is 1.17. The van der Waals surface area contributed by atoms with Crippen molar-refractivity contribution in [3.05, 3.63) is 12.2 Å². The minimum absolute atomic E-state index is 0.0662. The molecule has 1 aliphatic heterocycles. The molecule has 6 nitrogen and oxygen atoms in total. The summed E-state index contributed by atoms with van der Waals surface area (Å²) >= 11 is 0. The highest BCUT2D eigenvalue weighted by atomic mass is 33.1. The second kappa shape index (κ2) is 10.4. The molecule has 1 saturated heterocycles. The Hall–Kier alpha value is -0.560. The molecule has 0 aromatic heterocycles. The van der Waals surface area contributed by atoms with Gasteiger partial charge in [0.15, 0.2) is 0 Å². The first-order valence-corrected chi connectivity index (χ1v) is 7.75. The summed E-state index contributed by atoms with van der Waals surface area (Å²) in [6.45, 7) is 0.360. The van der Waals surface area contributed by atoms with Crippen molar-refractivity contribution < 1.29 is 19.3 Å². The van der Waals surface area contributed by atoms with Crippen molar-refractivity contribution in [2.45, 2.75) is 12.1 Å². The summed E-state index contributed by atoms with van der Waals surface area (Å²) < 4.78 is 0. The summed E-state index contributed by atoms with van der Waals surface area (Å²) in [5.74, 6) is 4.96. The first-order chi connectivity index (χ1) is 8.88. The van der Waals surface area contributed by atoms with E-state index in [-0.39, 0.29) is 25.3 Å². The molecule has 2 N–H and O–H groups in total. The first kappa shape index (κ1) is 15.5. The topological polar surface area (TPSA) is 76.7 Å². The van der Waals surface area contributed by atoms with Crippen molar-refractivity contribution in [3.63, 3.8) is 0 Å². The van der Waals surface area contributed by atoms with Crippen LogP contribution < -0.4 is 11.0 Å². The van der Waals surface area contributed by atoms with Crippen molar-refractivity contribution in [2.24, 2.45) is 0 Å². The van der Waals surface area contributed by atoms with Crippen LogP contribution in [0.1, 0.15) is 0 Å². The molecule has 100 valence electrons. The molecular formula is C10H14N2O4S2. The van der Waals surface area contributed by atoms with Gasteiger partial charge >= 0.3 is 0 Å². The van der Waals surface area contributed by atoms with Crippen LogP contribution in [0.25, 0.3) is 0 Å². The predicted molar refractivity (Wildman–Crippen MR) is 71.2 cm³/mol. The number of carbonyl (C=O) groups excluding carboxylic acids is 2. The summed E-state index contributed by atoms with van der Waals surface area (Å²) in [6, 6.07) is 0.132. The summed E-state index contributed by atoms with van der Waals surface area (Å²) in [4.78, 5) is 30.2. The van der Waals surface area contributed by atoms with Gasteiger partial charge in [-0.3, -0.25) is 9.68 Å². The van der Waals surface area contributed by atoms with Gasteiger partial charge in [-0.15, -0.1) is 0 Å². The maximum Gasteiger partial charge on any atom is 0.122 e. The van der Waals surface area contributed by atoms with Gasteiger partial charge in [0.2, 0.25) is 0 Å². The van der Waals surface area contributed by atoms with Gasteiger partial charge in [0.25, 0.3) is 0 Å². The van der Waals surface area contributed by atoms with Crippen LogP contribution in [-0.2, 0) is 19.3 Å². The Balaban J connectivity index is 2.27. The first-order valence-electron chi connectivity index (χ1n) is 5.26. The highest BCUT2D eigenvalue weighted by Gasteiger charge is 2.26. The minimum Gasteiger partial charge on any atom is -0.297 e. The second-order valence-corrected chi connectivity index (χ2v) is 5.84. The van der Waals surface area contributed by atoms with E-state index in [1.54, 1.807) is 33.5 Å². The SMILES string of the molecule is O=C=CCON[C@@H]1CSSC[C@H]1NOCC=C=O. The van der Waals surface area contributed by atoms with E-state index >= 15 is 0 Å². The second-order valence-electron chi connectivity index (χ2n) is 3.28. The number of hydroxylamine groups is 2. The average molecular weight is 290 g/mol. The molecule has 0 bridgehead atoms. The van der Waals surface area contributed by atoms with Crippen LogP contribution in [0.5, 0.6) is 0 Å². The molecule has 1 aliphatic rings. The van der Waals surface area contributed by atoms with Gasteiger partial charge in [-0.25, -0.2) is 9.59 Å². The average Bonchev–Trinajstić information content (AvgIpc) is 2.41. The van der Waals surface area contributed by atoms with Gasteiger partial charge in [0.1, 0.15) is 11.9 Å². The lowest BCUT2D eigenvalue weighted by Crippen LogP contribution is -2.52. The molecule has 2 atom stereocenters. The molecular weight excluding hydrogens is 276 g/mol. The Labute approximate surface area is 113 Å². The summed E-state index contributed by atoms with van der Waals surface area (Å²) in [6.07, 6.45) is 2.51. The van der Waals surface area contributed by atoms with E-state index in [2.05, 4.69) is 11.0 Å². The molecule has 0 radical (unpaired) electrons. The van der Waals surface area contributed by atoms with Crippen LogP contribution in [0, 0.1) is 0 Å². The molecule has 0 saturated carbocycles. The fraction of sp³-hybridized carbons (Fsp3) is 0.600. The van der Waals surface area contributed by atoms with E-state index in [0.717, 1.165) is 11.5 Å². The van der Waals surface area contributed by atoms with E-state index < -0.39 is 0 Å². The van der Waals surface area contributed by atoms with E-state index in [9.17, 15) is 9.59 Å². The fourth-order valence-corrected chi connectivity index (χ4v) is 3.71. The normalized spacial score (nSPS) is 22.9. The molecule has 1 heterocycles. The predicted octanol–water partition coefficient (Wildman–Crippen LogP) is -0.0634. The molecule has 8 heteroatoms. The molecule has 18 heavy (non-hydrogen) atoms. The third-order valence-corrected chi connectivity index (χ3v) is 4.51. The van der Waals surface area contributed by atoms with Crippen molar-refractivity contribution >= 4 is 33.5 Å². The van der Waals surface area contributed by atoms with Crippen LogP contribution in [0.2, 0.25) is 0 Å². The zero-order chi connectivity index (χ0) is 13.1. The van der Waals surface area contributed by atoms with Gasteiger partial charge in [0, 0.05) is 23.7 Å². The molecule has 0 spiro atoms. The third-order valence-electron chi connectivity index (χ3n) is 2.03. The lowest BCUT2D eigenvalue weighted by molar-refractivity contribution is -0.00984. The van der Waals surface area contributed by atoms with Crippen LogP contribution in [0.15, 0.2) is 12.2 Å². The van der Waals surface area contributed by atoms with E-state index in [0.29, 0.717) is 0 Å². The molecule has 1 fully saturated rings. The summed E-state index contributed by atoms with van der Waals surface area (Å²) in [7, 11) is 3.47. The van der Waals surface area contributed by atoms with Crippen LogP contribution in [0.4, 0.5) is 0 Å². The van der Waals surface area contributed by atoms with Crippen LogP contribution in [-0.4, -0.2) is 48.7 Å². The Morgan fingerprint density at radius 1 is 1.00 bits per heavy atom. The Morgan fingerprint density at radius 2 is 1.44 bits per heavy atom. The third kappa shape index (κ3) is 6.39. The van der Waals surface area contributed by atoms with Gasteiger partial charge < -0.3 is 0 Å². The molecule has 0 aliphatic carbocycles. The summed E-state index contributed by atoms with van der Waals surface area (Å²) in [5.41, 5.74) is 5.75. The maximum atomic E-state index is 9.96. The largest absolute Gasteiger partial charge is 0.297 e. The molecule has 0 aromatic rings. The number of nitrogens with one attached hydrogen (secondary N) is 2. The Morgan fingerprint density at radius 3 is 1.83 bits per heavy atom. The van der Waals surface area contributed by atoms with E-state index in [1.165, 1.54) is 12.2 Å². The lowest BCUT2D eigenvalue weighted by Gasteiger charge is -2.30. The number of rotatable bonds is 8. The van der Waals surface area contributed by atoms with E-state index in [1.807, 2.05) is 0 Å². The minimum atomic E-state index is 0.0662. The quantitative estimate of drug-likeness (QED) is 0.279. The van der Waals surface area contributed by atoms with Crippen molar-refractivity contribution in [2.75, 3.05) is 24.7 Å². The van der Waals surface area contributed by atoms with Crippen molar-refractivity contribution in [1.29, 1.82) is 0 Å². The Kier molecular flexibility index (Phi) is 8.93. The van der Waals surface area contributed by atoms with E-state index in [4.69, 9.17) is 9.68 Å². The molecule has 0 unspecified atom stereocenters. The monoisotopic (exact) mass is 290 g/mol.